The number of halogens is 4. The molecule has 0 saturated carbocycles. The number of aliphatic carboxylic acids is 1. The van der Waals surface area contributed by atoms with Crippen LogP contribution in [0.15, 0.2) is 54.6 Å². The van der Waals surface area contributed by atoms with Gasteiger partial charge in [-0.15, -0.1) is 13.2 Å². The van der Waals surface area contributed by atoms with Crippen molar-refractivity contribution >= 4 is 22.6 Å². The Morgan fingerprint density at radius 2 is 1.68 bits per heavy atom. The second-order valence-corrected chi connectivity index (χ2v) is 9.29. The molecule has 204 valence electrons. The molecule has 0 aliphatic carbocycles. The highest BCUT2D eigenvalue weighted by molar-refractivity contribution is 6.05. The van der Waals surface area contributed by atoms with E-state index in [4.69, 9.17) is 4.74 Å². The number of hydrogen-bond acceptors (Lipinski definition) is 4. The molecule has 0 aliphatic heterocycles. The van der Waals surface area contributed by atoms with E-state index in [9.17, 15) is 32.3 Å². The Balaban J connectivity index is 1.95. The zero-order valence-corrected chi connectivity index (χ0v) is 21.2. The maximum Gasteiger partial charge on any atom is 0.573 e. The molecule has 3 aromatic carbocycles. The molecule has 2 N–H and O–H groups in total. The van der Waals surface area contributed by atoms with Crippen molar-refractivity contribution in [3.05, 3.63) is 71.5 Å². The fraction of sp³-hybridized carbons (Fsp3) is 0.357. The fourth-order valence-corrected chi connectivity index (χ4v) is 4.38. The quantitative estimate of drug-likeness (QED) is 0.262. The number of rotatable bonds is 11. The van der Waals surface area contributed by atoms with Crippen LogP contribution in [-0.2, 0) is 11.4 Å². The lowest BCUT2D eigenvalue weighted by molar-refractivity contribution is -0.274. The molecule has 3 aromatic rings. The zero-order valence-electron chi connectivity index (χ0n) is 21.2. The van der Waals surface area contributed by atoms with Gasteiger partial charge in [-0.2, -0.15) is 0 Å². The summed E-state index contributed by atoms with van der Waals surface area (Å²) in [6, 6.07) is 10.8. The summed E-state index contributed by atoms with van der Waals surface area (Å²) in [7, 11) is 0. The van der Waals surface area contributed by atoms with E-state index in [1.807, 2.05) is 13.8 Å². The van der Waals surface area contributed by atoms with E-state index in [0.717, 1.165) is 18.6 Å². The Kier molecular flexibility index (Phi) is 8.85. The molecular formula is C28H29F4NO5. The van der Waals surface area contributed by atoms with E-state index >= 15 is 0 Å². The van der Waals surface area contributed by atoms with Crippen molar-refractivity contribution in [3.8, 4) is 11.5 Å². The minimum Gasteiger partial charge on any atom is -0.487 e. The standard InChI is InChI=1S/C28H29F4NO5/c1-4-14-27(3,5-2)24(26(35)36)33-25(34)21-13-9-18-8-10-19(29)15-22(18)23(21)37-16-17-6-11-20(12-7-17)38-28(30,31)32/h6-13,15,24H,4-5,14,16H2,1-3H3,(H,33,34)(H,35,36). The van der Waals surface area contributed by atoms with E-state index in [1.54, 1.807) is 13.0 Å². The number of carboxylic acid groups (broad SMARTS) is 1. The molecule has 10 heteroatoms. The smallest absolute Gasteiger partial charge is 0.487 e. The lowest BCUT2D eigenvalue weighted by Gasteiger charge is -2.34. The van der Waals surface area contributed by atoms with Gasteiger partial charge in [0.05, 0.1) is 5.56 Å². The highest BCUT2D eigenvalue weighted by Gasteiger charge is 2.39. The first kappa shape index (κ1) is 28.7. The van der Waals surface area contributed by atoms with Crippen molar-refractivity contribution < 1.29 is 41.7 Å². The van der Waals surface area contributed by atoms with Crippen molar-refractivity contribution in [1.29, 1.82) is 0 Å². The maximum atomic E-state index is 14.2. The van der Waals surface area contributed by atoms with Gasteiger partial charge in [-0.3, -0.25) is 4.79 Å². The third-order valence-corrected chi connectivity index (χ3v) is 6.57. The first-order valence-corrected chi connectivity index (χ1v) is 12.1. The molecule has 0 fully saturated rings. The van der Waals surface area contributed by atoms with Gasteiger partial charge in [0.2, 0.25) is 0 Å². The van der Waals surface area contributed by atoms with Crippen LogP contribution in [0.4, 0.5) is 17.6 Å². The molecule has 6 nitrogen and oxygen atoms in total. The minimum atomic E-state index is -4.83. The lowest BCUT2D eigenvalue weighted by Crippen LogP contribution is -2.51. The monoisotopic (exact) mass is 535 g/mol. The van der Waals surface area contributed by atoms with Gasteiger partial charge in [0.1, 0.15) is 30.0 Å². The number of carbonyl (C=O) groups excluding carboxylic acids is 1. The van der Waals surface area contributed by atoms with Crippen LogP contribution < -0.4 is 14.8 Å². The van der Waals surface area contributed by atoms with Crippen molar-refractivity contribution in [2.45, 2.75) is 59.0 Å². The molecule has 0 aromatic heterocycles. The Labute approximate surface area is 217 Å². The molecule has 1 amide bonds. The highest BCUT2D eigenvalue weighted by atomic mass is 19.4. The van der Waals surface area contributed by atoms with E-state index < -0.39 is 41.3 Å². The van der Waals surface area contributed by atoms with Crippen LogP contribution in [0, 0.1) is 11.2 Å². The average Bonchev–Trinajstić information content (AvgIpc) is 2.85. The number of nitrogens with one attached hydrogen (secondary N) is 1. The van der Waals surface area contributed by atoms with Gasteiger partial charge < -0.3 is 19.9 Å². The van der Waals surface area contributed by atoms with Gasteiger partial charge in [0.15, 0.2) is 0 Å². The molecule has 38 heavy (non-hydrogen) atoms. The molecule has 0 bridgehead atoms. The summed E-state index contributed by atoms with van der Waals surface area (Å²) in [5.74, 6) is -2.83. The molecule has 3 rings (SSSR count). The van der Waals surface area contributed by atoms with Crippen molar-refractivity contribution in [1.82, 2.24) is 5.32 Å². The Hall–Kier alpha value is -3.82. The molecule has 0 saturated heterocycles. The Morgan fingerprint density at radius 3 is 2.26 bits per heavy atom. The number of carbonyl (C=O) groups is 2. The van der Waals surface area contributed by atoms with Crippen LogP contribution in [0.1, 0.15) is 56.0 Å². The second kappa shape index (κ2) is 11.7. The van der Waals surface area contributed by atoms with Crippen molar-refractivity contribution in [2.24, 2.45) is 5.41 Å². The van der Waals surface area contributed by atoms with Crippen LogP contribution in [0.3, 0.4) is 0 Å². The van der Waals surface area contributed by atoms with E-state index in [1.165, 1.54) is 36.4 Å². The number of fused-ring (bicyclic) bond motifs is 1. The normalized spacial score (nSPS) is 14.0. The van der Waals surface area contributed by atoms with Crippen molar-refractivity contribution in [3.63, 3.8) is 0 Å². The highest BCUT2D eigenvalue weighted by Crippen LogP contribution is 2.35. The van der Waals surface area contributed by atoms with Crippen LogP contribution in [-0.4, -0.2) is 29.4 Å². The maximum absolute atomic E-state index is 14.2. The number of amides is 1. The fourth-order valence-electron chi connectivity index (χ4n) is 4.38. The molecule has 0 radical (unpaired) electrons. The summed E-state index contributed by atoms with van der Waals surface area (Å²) in [5.41, 5.74) is -0.244. The second-order valence-electron chi connectivity index (χ2n) is 9.29. The van der Waals surface area contributed by atoms with Crippen LogP contribution in [0.5, 0.6) is 11.5 Å². The first-order chi connectivity index (χ1) is 17.9. The molecule has 0 spiro atoms. The van der Waals surface area contributed by atoms with Crippen LogP contribution in [0.25, 0.3) is 10.8 Å². The summed E-state index contributed by atoms with van der Waals surface area (Å²) in [6.45, 7) is 5.43. The third kappa shape index (κ3) is 6.93. The molecular weight excluding hydrogens is 506 g/mol. The van der Waals surface area contributed by atoms with Gasteiger partial charge in [-0.05, 0) is 59.5 Å². The Morgan fingerprint density at radius 1 is 1.03 bits per heavy atom. The summed E-state index contributed by atoms with van der Waals surface area (Å²) >= 11 is 0. The van der Waals surface area contributed by atoms with Gasteiger partial charge >= 0.3 is 12.3 Å². The number of benzene rings is 3. The predicted octanol–water partition coefficient (Wildman–Crippen LogP) is 6.86. The summed E-state index contributed by atoms with van der Waals surface area (Å²) in [5, 5.41) is 13.4. The van der Waals surface area contributed by atoms with Gasteiger partial charge in [-0.1, -0.05) is 51.5 Å². The number of ether oxygens (including phenoxy) is 2. The van der Waals surface area contributed by atoms with Crippen LogP contribution in [0.2, 0.25) is 0 Å². The SMILES string of the molecule is CCCC(C)(CC)C(NC(=O)c1ccc2ccc(F)cc2c1OCc1ccc(OC(F)(F)F)cc1)C(=O)O. The summed E-state index contributed by atoms with van der Waals surface area (Å²) in [4.78, 5) is 25.5. The van der Waals surface area contributed by atoms with Gasteiger partial charge in [-0.25, -0.2) is 9.18 Å². The average molecular weight is 536 g/mol. The third-order valence-electron chi connectivity index (χ3n) is 6.57. The van der Waals surface area contributed by atoms with E-state index in [2.05, 4.69) is 10.1 Å². The van der Waals surface area contributed by atoms with Gasteiger partial charge in [0.25, 0.3) is 5.91 Å². The molecule has 0 heterocycles. The minimum absolute atomic E-state index is 0.00123. The number of alkyl halides is 3. The first-order valence-electron chi connectivity index (χ1n) is 12.1. The predicted molar refractivity (Wildman–Crippen MR) is 134 cm³/mol. The topological polar surface area (TPSA) is 84.9 Å². The lowest BCUT2D eigenvalue weighted by atomic mass is 9.76. The van der Waals surface area contributed by atoms with Gasteiger partial charge in [0, 0.05) is 5.39 Å². The zero-order chi connectivity index (χ0) is 28.1. The van der Waals surface area contributed by atoms with Crippen molar-refractivity contribution in [2.75, 3.05) is 0 Å². The molecule has 2 atom stereocenters. The summed E-state index contributed by atoms with van der Waals surface area (Å²) in [6.07, 6.45) is -3.02. The van der Waals surface area contributed by atoms with E-state index in [0.29, 0.717) is 23.8 Å². The Bertz CT molecular complexity index is 1290. The van der Waals surface area contributed by atoms with Crippen LogP contribution >= 0.6 is 0 Å². The molecule has 2 unspecified atom stereocenters. The number of carboxylic acids is 1. The van der Waals surface area contributed by atoms with E-state index in [-0.39, 0.29) is 23.3 Å². The largest absolute Gasteiger partial charge is 0.573 e. The number of hydrogen-bond donors (Lipinski definition) is 2. The summed E-state index contributed by atoms with van der Waals surface area (Å²) < 4.78 is 61.3. The molecule has 0 aliphatic rings.